The quantitative estimate of drug-likeness (QED) is 0.570. The molecular weight excluding hydrogens is 288 g/mol. The van der Waals surface area contributed by atoms with Gasteiger partial charge in [0.15, 0.2) is 0 Å². The molecule has 3 nitrogen and oxygen atoms in total. The molecule has 0 aromatic heterocycles. The molecule has 23 heavy (non-hydrogen) atoms. The summed E-state index contributed by atoms with van der Waals surface area (Å²) in [5.41, 5.74) is 0.393. The van der Waals surface area contributed by atoms with Crippen molar-refractivity contribution in [2.45, 2.75) is 96.6 Å². The van der Waals surface area contributed by atoms with Crippen LogP contribution in [-0.4, -0.2) is 33.6 Å². The molecule has 3 aliphatic rings. The van der Waals surface area contributed by atoms with E-state index in [9.17, 15) is 10.2 Å². The molecule has 0 bridgehead atoms. The third-order valence-electron chi connectivity index (χ3n) is 7.36. The maximum atomic E-state index is 11.4. The van der Waals surface area contributed by atoms with E-state index in [0.717, 1.165) is 32.1 Å². The Hall–Kier alpha value is -0.380. The number of rotatable bonds is 1. The van der Waals surface area contributed by atoms with E-state index in [2.05, 4.69) is 33.8 Å². The van der Waals surface area contributed by atoms with Crippen LogP contribution in [0, 0.1) is 17.3 Å². The fourth-order valence-electron chi connectivity index (χ4n) is 5.10. The Balaban J connectivity index is 1.95. The molecular formula is C20H34O3. The van der Waals surface area contributed by atoms with Gasteiger partial charge in [-0.05, 0) is 69.6 Å². The van der Waals surface area contributed by atoms with Crippen molar-refractivity contribution in [3.8, 4) is 0 Å². The molecule has 0 amide bonds. The summed E-state index contributed by atoms with van der Waals surface area (Å²) in [5, 5.41) is 22.3. The van der Waals surface area contributed by atoms with Crippen LogP contribution in [0.15, 0.2) is 11.6 Å². The Morgan fingerprint density at radius 3 is 2.61 bits per heavy atom. The Labute approximate surface area is 141 Å². The molecule has 132 valence electrons. The normalized spacial score (nSPS) is 53.0. The number of hydrogen-bond acceptors (Lipinski definition) is 3. The van der Waals surface area contributed by atoms with Gasteiger partial charge in [-0.15, -0.1) is 0 Å². The minimum atomic E-state index is -0.674. The highest BCUT2D eigenvalue weighted by Crippen LogP contribution is 2.58. The van der Waals surface area contributed by atoms with Gasteiger partial charge in [0.25, 0.3) is 0 Å². The summed E-state index contributed by atoms with van der Waals surface area (Å²) in [6.45, 7) is 10.8. The third-order valence-corrected chi connectivity index (χ3v) is 7.36. The summed E-state index contributed by atoms with van der Waals surface area (Å²) in [6.07, 6.45) is 7.61. The van der Waals surface area contributed by atoms with Gasteiger partial charge in [0.2, 0.25) is 0 Å². The van der Waals surface area contributed by atoms with Gasteiger partial charge in [-0.2, -0.15) is 0 Å². The average molecular weight is 322 g/mol. The highest BCUT2D eigenvalue weighted by atomic mass is 16.6. The minimum absolute atomic E-state index is 0.0619. The lowest BCUT2D eigenvalue weighted by atomic mass is 9.67. The lowest BCUT2D eigenvalue weighted by Gasteiger charge is -2.42. The zero-order valence-corrected chi connectivity index (χ0v) is 15.4. The van der Waals surface area contributed by atoms with Gasteiger partial charge < -0.3 is 14.9 Å². The van der Waals surface area contributed by atoms with Crippen molar-refractivity contribution in [1.82, 2.24) is 0 Å². The summed E-state index contributed by atoms with van der Waals surface area (Å²) < 4.78 is 5.89. The molecule has 0 spiro atoms. The van der Waals surface area contributed by atoms with Crippen LogP contribution in [0.5, 0.6) is 0 Å². The number of ether oxygens (including phenoxy) is 1. The number of epoxide rings is 1. The number of aliphatic hydroxyl groups is 2. The van der Waals surface area contributed by atoms with E-state index < -0.39 is 17.3 Å². The van der Waals surface area contributed by atoms with Crippen molar-refractivity contribution in [1.29, 1.82) is 0 Å². The lowest BCUT2D eigenvalue weighted by molar-refractivity contribution is -0.0839. The molecule has 3 rings (SSSR count). The third kappa shape index (κ3) is 2.79. The van der Waals surface area contributed by atoms with E-state index in [1.807, 2.05) is 6.92 Å². The monoisotopic (exact) mass is 322 g/mol. The largest absolute Gasteiger partial charge is 0.390 e. The van der Waals surface area contributed by atoms with Gasteiger partial charge in [0.05, 0.1) is 17.8 Å². The summed E-state index contributed by atoms with van der Waals surface area (Å²) in [4.78, 5) is 0. The summed E-state index contributed by atoms with van der Waals surface area (Å²) in [5.74, 6) is 0.328. The van der Waals surface area contributed by atoms with Crippen LogP contribution in [0.2, 0.25) is 0 Å². The second kappa shape index (κ2) is 5.57. The topological polar surface area (TPSA) is 53.0 Å². The Bertz CT molecular complexity index is 499. The standard InChI is InChI=1S/C20H34O3/c1-13(2)20(22)11-10-18(4)9-8-14(3)6-7-17-19(5,23-17)16(21)12-15(18)20/h8,13,15-17,21-22H,6-7,9-12H2,1-5H3/b14-8+/t15-,16-,17+,18+,19+,20-/m0/s1. The fourth-order valence-corrected chi connectivity index (χ4v) is 5.10. The molecule has 0 radical (unpaired) electrons. The van der Waals surface area contributed by atoms with E-state index in [-0.39, 0.29) is 23.4 Å². The Kier molecular flexibility index (Phi) is 4.23. The van der Waals surface area contributed by atoms with Gasteiger partial charge in [0, 0.05) is 0 Å². The van der Waals surface area contributed by atoms with Gasteiger partial charge in [0.1, 0.15) is 5.60 Å². The fraction of sp³-hybridized carbons (Fsp3) is 0.900. The molecule has 1 aliphatic heterocycles. The van der Waals surface area contributed by atoms with Crippen molar-refractivity contribution >= 4 is 0 Å². The summed E-state index contributed by atoms with van der Waals surface area (Å²) >= 11 is 0. The summed E-state index contributed by atoms with van der Waals surface area (Å²) in [7, 11) is 0. The van der Waals surface area contributed by atoms with Crippen molar-refractivity contribution in [2.75, 3.05) is 0 Å². The first-order chi connectivity index (χ1) is 10.6. The Morgan fingerprint density at radius 1 is 1.26 bits per heavy atom. The minimum Gasteiger partial charge on any atom is -0.390 e. The second-order valence-electron chi connectivity index (χ2n) is 9.19. The molecule has 3 heteroatoms. The predicted octanol–water partition coefficient (Wildman–Crippen LogP) is 3.83. The van der Waals surface area contributed by atoms with Crippen LogP contribution in [0.25, 0.3) is 0 Å². The molecule has 2 fully saturated rings. The first kappa shape index (κ1) is 17.4. The van der Waals surface area contributed by atoms with Gasteiger partial charge in [-0.1, -0.05) is 32.4 Å². The second-order valence-corrected chi connectivity index (χ2v) is 9.19. The zero-order valence-electron chi connectivity index (χ0n) is 15.4. The van der Waals surface area contributed by atoms with E-state index in [1.165, 1.54) is 5.57 Å². The predicted molar refractivity (Wildman–Crippen MR) is 92.1 cm³/mol. The molecule has 2 aliphatic carbocycles. The average Bonchev–Trinajstić information content (AvgIpc) is 3.09. The number of aliphatic hydroxyl groups excluding tert-OH is 1. The van der Waals surface area contributed by atoms with Crippen LogP contribution < -0.4 is 0 Å². The molecule has 1 saturated heterocycles. The zero-order chi connectivity index (χ0) is 17.0. The van der Waals surface area contributed by atoms with Crippen molar-refractivity contribution < 1.29 is 14.9 Å². The maximum Gasteiger partial charge on any atom is 0.118 e. The van der Waals surface area contributed by atoms with Crippen molar-refractivity contribution in [2.24, 2.45) is 17.3 Å². The van der Waals surface area contributed by atoms with E-state index >= 15 is 0 Å². The molecule has 0 unspecified atom stereocenters. The molecule has 0 aromatic carbocycles. The SMILES string of the molecule is C/C1=C\C[C@]2(C)CC[C@](O)(C(C)C)[C@H]2C[C@H](O)[C@@]2(C)O[C@@H]2CC1. The number of allylic oxidation sites excluding steroid dienone is 2. The van der Waals surface area contributed by atoms with Crippen LogP contribution in [0.3, 0.4) is 0 Å². The van der Waals surface area contributed by atoms with Gasteiger partial charge in [-0.3, -0.25) is 0 Å². The Morgan fingerprint density at radius 2 is 1.96 bits per heavy atom. The highest BCUT2D eigenvalue weighted by molar-refractivity contribution is 5.14. The number of hydrogen-bond donors (Lipinski definition) is 2. The lowest BCUT2D eigenvalue weighted by Crippen LogP contribution is -2.46. The van der Waals surface area contributed by atoms with E-state index in [0.29, 0.717) is 6.42 Å². The first-order valence-electron chi connectivity index (χ1n) is 9.36. The maximum absolute atomic E-state index is 11.4. The van der Waals surface area contributed by atoms with E-state index in [4.69, 9.17) is 4.74 Å². The van der Waals surface area contributed by atoms with Crippen molar-refractivity contribution in [3.63, 3.8) is 0 Å². The molecule has 1 heterocycles. The van der Waals surface area contributed by atoms with Crippen LogP contribution in [-0.2, 0) is 4.74 Å². The molecule has 2 N–H and O–H groups in total. The smallest absolute Gasteiger partial charge is 0.118 e. The van der Waals surface area contributed by atoms with Crippen molar-refractivity contribution in [3.05, 3.63) is 11.6 Å². The molecule has 1 saturated carbocycles. The number of fused-ring (bicyclic) bond motifs is 2. The first-order valence-corrected chi connectivity index (χ1v) is 9.36. The van der Waals surface area contributed by atoms with Crippen LogP contribution >= 0.6 is 0 Å². The molecule has 0 aromatic rings. The van der Waals surface area contributed by atoms with Crippen LogP contribution in [0.4, 0.5) is 0 Å². The van der Waals surface area contributed by atoms with E-state index in [1.54, 1.807) is 0 Å². The highest BCUT2D eigenvalue weighted by Gasteiger charge is 2.61. The van der Waals surface area contributed by atoms with Gasteiger partial charge in [-0.25, -0.2) is 0 Å². The van der Waals surface area contributed by atoms with Gasteiger partial charge >= 0.3 is 0 Å². The molecule has 6 atom stereocenters. The summed E-state index contributed by atoms with van der Waals surface area (Å²) in [6, 6.07) is 0. The van der Waals surface area contributed by atoms with Crippen LogP contribution in [0.1, 0.15) is 73.1 Å².